The number of aliphatic hydroxyl groups excluding tert-OH is 1. The zero-order valence-corrected chi connectivity index (χ0v) is 22.8. The number of benzene rings is 1. The lowest BCUT2D eigenvalue weighted by molar-refractivity contribution is -0.0378. The van der Waals surface area contributed by atoms with Crippen molar-refractivity contribution < 1.29 is 10.2 Å². The Morgan fingerprint density at radius 3 is 2.43 bits per heavy atom. The fourth-order valence-corrected chi connectivity index (χ4v) is 7.67. The molecule has 2 nitrogen and oxygen atoms in total. The summed E-state index contributed by atoms with van der Waals surface area (Å²) in [5.74, 6) is 2.83. The van der Waals surface area contributed by atoms with E-state index in [0.717, 1.165) is 51.4 Å². The van der Waals surface area contributed by atoms with E-state index in [0.29, 0.717) is 29.4 Å². The minimum Gasteiger partial charge on any atom is -0.508 e. The third-order valence-corrected chi connectivity index (χ3v) is 9.73. The SMILES string of the molecule is CC(C)=CCC/C(C)=C/CC/C(C)=C/C[C@@H]1Cc2cc(O)ccc2C2CC[C@@]3(C)C(CC[C@@H]3O)C21. The summed E-state index contributed by atoms with van der Waals surface area (Å²) < 4.78 is 0. The summed E-state index contributed by atoms with van der Waals surface area (Å²) in [5.41, 5.74) is 7.33. The molecule has 1 aromatic rings. The first kappa shape index (κ1) is 26.3. The monoisotopic (exact) mass is 476 g/mol. The molecular formula is C33H48O2. The molecule has 35 heavy (non-hydrogen) atoms. The van der Waals surface area contributed by atoms with Crippen LogP contribution in [0.2, 0.25) is 0 Å². The standard InChI is InChI=1S/C33H48O2/c1-22(2)8-6-9-23(3)10-7-11-24(4)12-13-25-20-26-21-27(34)14-15-28(26)29-18-19-33(5)30(32(25)29)16-17-31(33)35/h8,10,12,14-15,21,25,29-32,34-35H,6-7,9,11,13,16-20H2,1-5H3/b23-10+,24-12+/t25-,29?,30?,31+,32?,33+/m1/s1. The molecule has 2 N–H and O–H groups in total. The zero-order valence-electron chi connectivity index (χ0n) is 22.8. The molecular weight excluding hydrogens is 428 g/mol. The summed E-state index contributed by atoms with van der Waals surface area (Å²) in [6.45, 7) is 11.3. The van der Waals surface area contributed by atoms with Gasteiger partial charge in [-0.1, -0.05) is 47.9 Å². The summed E-state index contributed by atoms with van der Waals surface area (Å²) in [7, 11) is 0. The Balaban J connectivity index is 1.45. The lowest BCUT2D eigenvalue weighted by Gasteiger charge is -2.53. The van der Waals surface area contributed by atoms with Crippen molar-refractivity contribution in [3.8, 4) is 5.75 Å². The van der Waals surface area contributed by atoms with Crippen LogP contribution in [0, 0.1) is 23.2 Å². The van der Waals surface area contributed by atoms with Crippen molar-refractivity contribution in [1.82, 2.24) is 0 Å². The zero-order chi connectivity index (χ0) is 25.2. The van der Waals surface area contributed by atoms with Gasteiger partial charge in [0.2, 0.25) is 0 Å². The number of phenolic OH excluding ortho intramolecular Hbond substituents is 1. The van der Waals surface area contributed by atoms with E-state index in [1.807, 2.05) is 12.1 Å². The third kappa shape index (κ3) is 5.79. The van der Waals surface area contributed by atoms with E-state index in [4.69, 9.17) is 0 Å². The highest BCUT2D eigenvalue weighted by Crippen LogP contribution is 2.62. The van der Waals surface area contributed by atoms with E-state index in [1.54, 1.807) is 0 Å². The molecule has 192 valence electrons. The summed E-state index contributed by atoms with van der Waals surface area (Å²) in [6, 6.07) is 6.10. The van der Waals surface area contributed by atoms with Gasteiger partial charge in [0.05, 0.1) is 6.10 Å². The number of allylic oxidation sites excluding steroid dienone is 6. The van der Waals surface area contributed by atoms with Crippen LogP contribution >= 0.6 is 0 Å². The average Bonchev–Trinajstić information content (AvgIpc) is 3.11. The molecule has 3 aliphatic rings. The number of hydrogen-bond donors (Lipinski definition) is 2. The van der Waals surface area contributed by atoms with Gasteiger partial charge in [0, 0.05) is 0 Å². The molecule has 3 aliphatic carbocycles. The molecule has 6 atom stereocenters. The summed E-state index contributed by atoms with van der Waals surface area (Å²) >= 11 is 0. The quantitative estimate of drug-likeness (QED) is 0.369. The number of aliphatic hydroxyl groups is 1. The van der Waals surface area contributed by atoms with Gasteiger partial charge in [-0.2, -0.15) is 0 Å². The minimum atomic E-state index is -0.139. The van der Waals surface area contributed by atoms with E-state index in [2.05, 4.69) is 58.9 Å². The molecule has 1 aromatic carbocycles. The normalized spacial score (nSPS) is 32.6. The molecule has 2 fully saturated rings. The largest absolute Gasteiger partial charge is 0.508 e. The Morgan fingerprint density at radius 1 is 0.971 bits per heavy atom. The molecule has 4 rings (SSSR count). The highest BCUT2D eigenvalue weighted by Gasteiger charge is 2.56. The molecule has 3 unspecified atom stereocenters. The van der Waals surface area contributed by atoms with Crippen molar-refractivity contribution in [3.63, 3.8) is 0 Å². The molecule has 0 radical (unpaired) electrons. The van der Waals surface area contributed by atoms with Crippen molar-refractivity contribution in [2.75, 3.05) is 0 Å². The molecule has 0 bridgehead atoms. The molecule has 0 aromatic heterocycles. The van der Waals surface area contributed by atoms with Crippen LogP contribution in [0.15, 0.2) is 53.1 Å². The second-order valence-electron chi connectivity index (χ2n) is 12.5. The predicted molar refractivity (Wildman–Crippen MR) is 148 cm³/mol. The Morgan fingerprint density at radius 2 is 1.69 bits per heavy atom. The van der Waals surface area contributed by atoms with E-state index in [1.165, 1.54) is 40.7 Å². The number of hydrogen-bond acceptors (Lipinski definition) is 2. The van der Waals surface area contributed by atoms with Crippen molar-refractivity contribution >= 4 is 0 Å². The minimum absolute atomic E-state index is 0.0838. The molecule has 0 heterocycles. The molecule has 0 saturated heterocycles. The summed E-state index contributed by atoms with van der Waals surface area (Å²) in [5, 5.41) is 21.1. The number of fused-ring (bicyclic) bond motifs is 5. The van der Waals surface area contributed by atoms with Gasteiger partial charge in [-0.25, -0.2) is 0 Å². The topological polar surface area (TPSA) is 40.5 Å². The van der Waals surface area contributed by atoms with Gasteiger partial charge in [0.15, 0.2) is 0 Å². The first-order valence-electron chi connectivity index (χ1n) is 14.1. The van der Waals surface area contributed by atoms with Crippen LogP contribution < -0.4 is 0 Å². The van der Waals surface area contributed by atoms with Crippen LogP contribution in [-0.4, -0.2) is 16.3 Å². The van der Waals surface area contributed by atoms with E-state index >= 15 is 0 Å². The second-order valence-corrected chi connectivity index (χ2v) is 12.5. The fraction of sp³-hybridized carbons (Fsp3) is 0.636. The van der Waals surface area contributed by atoms with Crippen LogP contribution in [-0.2, 0) is 6.42 Å². The van der Waals surface area contributed by atoms with E-state index < -0.39 is 0 Å². The number of aromatic hydroxyl groups is 1. The van der Waals surface area contributed by atoms with Crippen LogP contribution in [0.25, 0.3) is 0 Å². The predicted octanol–water partition coefficient (Wildman–Crippen LogP) is 8.64. The van der Waals surface area contributed by atoms with Gasteiger partial charge in [-0.15, -0.1) is 0 Å². The van der Waals surface area contributed by atoms with Crippen molar-refractivity contribution in [2.45, 2.75) is 111 Å². The molecule has 0 aliphatic heterocycles. The molecule has 0 spiro atoms. The van der Waals surface area contributed by atoms with Gasteiger partial charge in [-0.3, -0.25) is 0 Å². The van der Waals surface area contributed by atoms with E-state index in [-0.39, 0.29) is 11.5 Å². The highest BCUT2D eigenvalue weighted by atomic mass is 16.3. The summed E-state index contributed by atoms with van der Waals surface area (Å²) in [4.78, 5) is 0. The Hall–Kier alpha value is -1.80. The third-order valence-electron chi connectivity index (χ3n) is 9.73. The second kappa shape index (κ2) is 11.1. The Kier molecular flexibility index (Phi) is 8.31. The van der Waals surface area contributed by atoms with Crippen LogP contribution in [0.3, 0.4) is 0 Å². The molecule has 2 saturated carbocycles. The van der Waals surface area contributed by atoms with Gasteiger partial charge < -0.3 is 10.2 Å². The number of rotatable bonds is 8. The van der Waals surface area contributed by atoms with Gasteiger partial charge >= 0.3 is 0 Å². The van der Waals surface area contributed by atoms with Crippen molar-refractivity contribution in [1.29, 1.82) is 0 Å². The van der Waals surface area contributed by atoms with Gasteiger partial charge in [-0.05, 0) is 144 Å². The average molecular weight is 477 g/mol. The fourth-order valence-electron chi connectivity index (χ4n) is 7.67. The van der Waals surface area contributed by atoms with E-state index in [9.17, 15) is 10.2 Å². The van der Waals surface area contributed by atoms with Crippen LogP contribution in [0.1, 0.15) is 109 Å². The Labute approximate surface area is 214 Å². The smallest absolute Gasteiger partial charge is 0.115 e. The first-order valence-corrected chi connectivity index (χ1v) is 14.1. The number of phenols is 1. The molecule has 2 heteroatoms. The lowest BCUT2D eigenvalue weighted by Crippen LogP contribution is -2.47. The van der Waals surface area contributed by atoms with Crippen LogP contribution in [0.5, 0.6) is 5.75 Å². The maximum atomic E-state index is 10.9. The highest BCUT2D eigenvalue weighted by molar-refractivity contribution is 5.41. The van der Waals surface area contributed by atoms with Gasteiger partial charge in [0.1, 0.15) is 5.75 Å². The van der Waals surface area contributed by atoms with Crippen molar-refractivity contribution in [2.24, 2.45) is 23.2 Å². The lowest BCUT2D eigenvalue weighted by atomic mass is 9.52. The van der Waals surface area contributed by atoms with Gasteiger partial charge in [0.25, 0.3) is 0 Å². The molecule has 0 amide bonds. The van der Waals surface area contributed by atoms with Crippen LogP contribution in [0.4, 0.5) is 0 Å². The maximum absolute atomic E-state index is 10.9. The Bertz CT molecular complexity index is 979. The first-order chi connectivity index (χ1) is 16.7. The maximum Gasteiger partial charge on any atom is 0.115 e. The summed E-state index contributed by atoms with van der Waals surface area (Å²) in [6.07, 6.45) is 18.3. The van der Waals surface area contributed by atoms with Crippen molar-refractivity contribution in [3.05, 3.63) is 64.3 Å².